The highest BCUT2D eigenvalue weighted by Crippen LogP contribution is 2.35. The van der Waals surface area contributed by atoms with Crippen LogP contribution in [0.25, 0.3) is 0 Å². The summed E-state index contributed by atoms with van der Waals surface area (Å²) in [6, 6.07) is 9.17. The molecule has 2 aromatic carbocycles. The van der Waals surface area contributed by atoms with E-state index in [9.17, 15) is 10.2 Å². The molecular formula is C22H21ClN2O2. The molecule has 0 aliphatic heterocycles. The highest BCUT2D eigenvalue weighted by atomic mass is 35.5. The lowest BCUT2D eigenvalue weighted by molar-refractivity contribution is 0.471. The minimum absolute atomic E-state index is 0.0122. The number of nitrogens with zero attached hydrogens (tertiary/aromatic N) is 2. The van der Waals surface area contributed by atoms with Crippen molar-refractivity contribution in [1.82, 2.24) is 0 Å². The van der Waals surface area contributed by atoms with Gasteiger partial charge in [-0.2, -0.15) is 10.5 Å². The predicted octanol–water partition coefficient (Wildman–Crippen LogP) is 4.94. The maximum Gasteiger partial charge on any atom is 0.135 e. The molecule has 0 radical (unpaired) electrons. The normalized spacial score (nSPS) is 14.6. The van der Waals surface area contributed by atoms with Crippen LogP contribution in [0.15, 0.2) is 18.2 Å². The van der Waals surface area contributed by atoms with E-state index in [0.717, 1.165) is 49.7 Å². The van der Waals surface area contributed by atoms with Gasteiger partial charge in [0.2, 0.25) is 0 Å². The summed E-state index contributed by atoms with van der Waals surface area (Å²) >= 11 is 6.05. The van der Waals surface area contributed by atoms with Crippen molar-refractivity contribution in [2.24, 2.45) is 0 Å². The zero-order valence-corrected chi connectivity index (χ0v) is 15.8. The number of phenols is 2. The average Bonchev–Trinajstić information content (AvgIpc) is 2.68. The molecule has 0 unspecified atom stereocenters. The van der Waals surface area contributed by atoms with Gasteiger partial charge in [-0.05, 0) is 91.8 Å². The molecule has 2 aliphatic rings. The first kappa shape index (κ1) is 19.1. The monoisotopic (exact) mass is 380 g/mol. The third kappa shape index (κ3) is 4.02. The number of hydrogen-bond donors (Lipinski definition) is 2. The van der Waals surface area contributed by atoms with Gasteiger partial charge in [-0.25, -0.2) is 0 Å². The molecule has 4 nitrogen and oxygen atoms in total. The van der Waals surface area contributed by atoms with Crippen molar-refractivity contribution in [2.75, 3.05) is 0 Å². The lowest BCUT2D eigenvalue weighted by Crippen LogP contribution is -2.04. The van der Waals surface area contributed by atoms with Gasteiger partial charge in [0.15, 0.2) is 0 Å². The van der Waals surface area contributed by atoms with E-state index in [0.29, 0.717) is 10.6 Å². The number of aryl methyl sites for hydroxylation is 3. The molecule has 0 spiro atoms. The van der Waals surface area contributed by atoms with Gasteiger partial charge >= 0.3 is 0 Å². The molecule has 2 aliphatic carbocycles. The smallest absolute Gasteiger partial charge is 0.135 e. The van der Waals surface area contributed by atoms with E-state index in [-0.39, 0.29) is 17.1 Å². The van der Waals surface area contributed by atoms with Crippen molar-refractivity contribution < 1.29 is 10.2 Å². The van der Waals surface area contributed by atoms with Crippen LogP contribution in [0.4, 0.5) is 0 Å². The number of nitriles is 2. The van der Waals surface area contributed by atoms with Crippen molar-refractivity contribution in [3.8, 4) is 23.6 Å². The Balaban J connectivity index is 0.000000156. The molecule has 2 N–H and O–H groups in total. The first-order valence-electron chi connectivity index (χ1n) is 9.23. The van der Waals surface area contributed by atoms with Crippen LogP contribution in [0.1, 0.15) is 59.1 Å². The zero-order valence-electron chi connectivity index (χ0n) is 15.1. The second kappa shape index (κ2) is 8.33. The maximum absolute atomic E-state index is 9.54. The van der Waals surface area contributed by atoms with Gasteiger partial charge < -0.3 is 10.2 Å². The quantitative estimate of drug-likeness (QED) is 0.677. The van der Waals surface area contributed by atoms with E-state index in [1.165, 1.54) is 24.0 Å². The molecular weight excluding hydrogens is 360 g/mol. The van der Waals surface area contributed by atoms with Gasteiger partial charge in [0.25, 0.3) is 0 Å². The largest absolute Gasteiger partial charge is 0.507 e. The Morgan fingerprint density at radius 3 is 1.93 bits per heavy atom. The third-order valence-corrected chi connectivity index (χ3v) is 5.67. The van der Waals surface area contributed by atoms with Crippen molar-refractivity contribution in [3.05, 3.63) is 56.6 Å². The van der Waals surface area contributed by atoms with Crippen LogP contribution in [0, 0.1) is 22.7 Å². The van der Waals surface area contributed by atoms with Gasteiger partial charge in [0.05, 0.1) is 10.6 Å². The summed E-state index contributed by atoms with van der Waals surface area (Å²) in [6.45, 7) is 0. The van der Waals surface area contributed by atoms with E-state index in [2.05, 4.69) is 0 Å². The Labute approximate surface area is 164 Å². The molecule has 0 fully saturated rings. The number of phenolic OH excluding ortho intramolecular Hbond substituents is 2. The van der Waals surface area contributed by atoms with Crippen LogP contribution >= 0.6 is 11.6 Å². The number of halogens is 1. The molecule has 0 saturated carbocycles. The van der Waals surface area contributed by atoms with Crippen LogP contribution in [-0.4, -0.2) is 10.2 Å². The minimum atomic E-state index is 0.0122. The number of aromatic hydroxyl groups is 2. The number of fused-ring (bicyclic) bond motifs is 2. The van der Waals surface area contributed by atoms with Crippen molar-refractivity contribution in [3.63, 3.8) is 0 Å². The van der Waals surface area contributed by atoms with Crippen LogP contribution in [0.2, 0.25) is 5.02 Å². The van der Waals surface area contributed by atoms with Crippen LogP contribution in [0.5, 0.6) is 11.5 Å². The molecule has 0 atom stereocenters. The molecule has 0 heterocycles. The second-order valence-electron chi connectivity index (χ2n) is 7.00. The van der Waals surface area contributed by atoms with Gasteiger partial charge in [-0.15, -0.1) is 0 Å². The van der Waals surface area contributed by atoms with E-state index in [1.807, 2.05) is 18.2 Å². The number of benzene rings is 2. The Morgan fingerprint density at radius 2 is 1.30 bits per heavy atom. The fourth-order valence-corrected chi connectivity index (χ4v) is 4.16. The van der Waals surface area contributed by atoms with E-state index in [1.54, 1.807) is 12.1 Å². The van der Waals surface area contributed by atoms with Crippen molar-refractivity contribution in [1.29, 1.82) is 10.5 Å². The summed E-state index contributed by atoms with van der Waals surface area (Å²) in [7, 11) is 0. The molecule has 0 saturated heterocycles. The molecule has 4 rings (SSSR count). The topological polar surface area (TPSA) is 88.0 Å². The van der Waals surface area contributed by atoms with Gasteiger partial charge in [0.1, 0.15) is 29.2 Å². The summed E-state index contributed by atoms with van der Waals surface area (Å²) in [5.74, 6) is 0.140. The SMILES string of the molecule is N#Cc1c(O)cc2c(c1Cl)CCCC2.N#Cc1cc2c(cc1O)CCCC2. The standard InChI is InChI=1S/C11H10ClNO.C11H11NO/c12-11-8-4-2-1-3-7(8)5-10(14)9(11)6-13;12-7-10-5-8-3-1-2-4-9(8)6-11(10)13/h5,14H,1-4H2;5-6,13H,1-4H2. The highest BCUT2D eigenvalue weighted by Gasteiger charge is 2.18. The minimum Gasteiger partial charge on any atom is -0.507 e. The van der Waals surface area contributed by atoms with E-state index in [4.69, 9.17) is 22.1 Å². The van der Waals surface area contributed by atoms with Gasteiger partial charge in [-0.3, -0.25) is 0 Å². The molecule has 0 aromatic heterocycles. The predicted molar refractivity (Wildman–Crippen MR) is 104 cm³/mol. The Morgan fingerprint density at radius 1 is 0.741 bits per heavy atom. The van der Waals surface area contributed by atoms with Gasteiger partial charge in [-0.1, -0.05) is 11.6 Å². The van der Waals surface area contributed by atoms with Crippen LogP contribution in [-0.2, 0) is 25.7 Å². The average molecular weight is 381 g/mol. The third-order valence-electron chi connectivity index (χ3n) is 5.25. The fraction of sp³-hybridized carbons (Fsp3) is 0.364. The molecule has 0 amide bonds. The molecule has 2 aromatic rings. The number of rotatable bonds is 0. The Kier molecular flexibility index (Phi) is 5.89. The Bertz CT molecular complexity index is 954. The summed E-state index contributed by atoms with van der Waals surface area (Å²) < 4.78 is 0. The molecule has 5 heteroatoms. The van der Waals surface area contributed by atoms with E-state index < -0.39 is 0 Å². The Hall–Kier alpha value is -2.69. The first-order chi connectivity index (χ1) is 13.0. The summed E-state index contributed by atoms with van der Waals surface area (Å²) in [5, 5.41) is 36.9. The fourth-order valence-electron chi connectivity index (χ4n) is 3.81. The molecule has 138 valence electrons. The van der Waals surface area contributed by atoms with Crippen LogP contribution < -0.4 is 0 Å². The van der Waals surface area contributed by atoms with Crippen molar-refractivity contribution in [2.45, 2.75) is 51.4 Å². The highest BCUT2D eigenvalue weighted by molar-refractivity contribution is 6.32. The summed E-state index contributed by atoms with van der Waals surface area (Å²) in [6.07, 6.45) is 8.59. The lowest BCUT2D eigenvalue weighted by atomic mass is 9.90. The van der Waals surface area contributed by atoms with Crippen LogP contribution in [0.3, 0.4) is 0 Å². The molecule has 0 bridgehead atoms. The molecule has 27 heavy (non-hydrogen) atoms. The number of hydrogen-bond acceptors (Lipinski definition) is 4. The van der Waals surface area contributed by atoms with Gasteiger partial charge in [0, 0.05) is 0 Å². The summed E-state index contributed by atoms with van der Waals surface area (Å²) in [4.78, 5) is 0. The zero-order chi connectivity index (χ0) is 19.4. The summed E-state index contributed by atoms with van der Waals surface area (Å²) in [5.41, 5.74) is 5.21. The lowest BCUT2D eigenvalue weighted by Gasteiger charge is -2.18. The van der Waals surface area contributed by atoms with Crippen molar-refractivity contribution >= 4 is 11.6 Å². The van der Waals surface area contributed by atoms with E-state index >= 15 is 0 Å². The maximum atomic E-state index is 9.54. The first-order valence-corrected chi connectivity index (χ1v) is 9.61. The second-order valence-corrected chi connectivity index (χ2v) is 7.38.